The van der Waals surface area contributed by atoms with Crippen LogP contribution in [-0.2, 0) is 0 Å². The van der Waals surface area contributed by atoms with Crippen molar-refractivity contribution in [3.63, 3.8) is 0 Å². The molecule has 0 saturated heterocycles. The van der Waals surface area contributed by atoms with Crippen molar-refractivity contribution in [1.29, 1.82) is 0 Å². The Kier molecular flexibility index (Phi) is 4.17. The van der Waals surface area contributed by atoms with Crippen LogP contribution in [0.4, 0.5) is 5.82 Å². The molecule has 4 heteroatoms. The van der Waals surface area contributed by atoms with Gasteiger partial charge in [-0.05, 0) is 33.9 Å². The summed E-state index contributed by atoms with van der Waals surface area (Å²) in [6, 6.07) is 0. The molecule has 1 heterocycles. The maximum atomic E-state index is 4.46. The van der Waals surface area contributed by atoms with Crippen LogP contribution in [0.3, 0.4) is 0 Å². The van der Waals surface area contributed by atoms with E-state index < -0.39 is 0 Å². The number of nitrogens with zero attached hydrogens (tertiary/aromatic N) is 3. The predicted molar refractivity (Wildman–Crippen MR) is 74.8 cm³/mol. The van der Waals surface area contributed by atoms with Crippen LogP contribution < -0.4 is 5.32 Å². The number of rotatable bonds is 4. The summed E-state index contributed by atoms with van der Waals surface area (Å²) in [5, 5.41) is 3.46. The fraction of sp³-hybridized carbons (Fsp3) is 0.714. The molecule has 0 aliphatic heterocycles. The summed E-state index contributed by atoms with van der Waals surface area (Å²) in [4.78, 5) is 11.0. The van der Waals surface area contributed by atoms with Crippen LogP contribution in [0.25, 0.3) is 0 Å². The zero-order valence-electron chi connectivity index (χ0n) is 11.7. The molecule has 0 bridgehead atoms. The van der Waals surface area contributed by atoms with Gasteiger partial charge in [-0.1, -0.05) is 19.3 Å². The van der Waals surface area contributed by atoms with Gasteiger partial charge in [0.25, 0.3) is 0 Å². The normalized spacial score (nSPS) is 18.9. The first-order valence-electron chi connectivity index (χ1n) is 6.82. The molecule has 1 fully saturated rings. The number of aryl methyl sites for hydroxylation is 1. The predicted octanol–water partition coefficient (Wildman–Crippen LogP) is 2.46. The Hall–Kier alpha value is -1.16. The average Bonchev–Trinajstić information content (AvgIpc) is 2.37. The first-order chi connectivity index (χ1) is 8.62. The zero-order chi connectivity index (χ0) is 13.0. The minimum Gasteiger partial charge on any atom is -0.367 e. The summed E-state index contributed by atoms with van der Waals surface area (Å²) >= 11 is 0. The van der Waals surface area contributed by atoms with Crippen molar-refractivity contribution in [2.75, 3.05) is 26.0 Å². The third kappa shape index (κ3) is 2.99. The quantitative estimate of drug-likeness (QED) is 0.888. The molecule has 100 valence electrons. The fourth-order valence-corrected chi connectivity index (χ4v) is 2.80. The molecule has 0 amide bonds. The van der Waals surface area contributed by atoms with Crippen molar-refractivity contribution < 1.29 is 0 Å². The molecule has 2 rings (SSSR count). The van der Waals surface area contributed by atoms with Gasteiger partial charge in [0.15, 0.2) is 0 Å². The molecule has 0 radical (unpaired) electrons. The Morgan fingerprint density at radius 2 is 1.94 bits per heavy atom. The molecule has 0 spiro atoms. The molecule has 4 nitrogen and oxygen atoms in total. The summed E-state index contributed by atoms with van der Waals surface area (Å²) in [7, 11) is 4.38. The van der Waals surface area contributed by atoms with Crippen LogP contribution in [0, 0.1) is 6.92 Å². The second kappa shape index (κ2) is 5.65. The largest absolute Gasteiger partial charge is 0.367 e. The van der Waals surface area contributed by atoms with E-state index in [9.17, 15) is 0 Å². The summed E-state index contributed by atoms with van der Waals surface area (Å²) in [6.45, 7) is 2.93. The Morgan fingerprint density at radius 1 is 1.22 bits per heavy atom. The molecule has 1 aliphatic rings. The molecule has 18 heavy (non-hydrogen) atoms. The van der Waals surface area contributed by atoms with Crippen molar-refractivity contribution in [3.05, 3.63) is 18.1 Å². The second-order valence-electron chi connectivity index (χ2n) is 5.58. The molecule has 1 aliphatic carbocycles. The molecule has 0 atom stereocenters. The van der Waals surface area contributed by atoms with Crippen molar-refractivity contribution in [3.8, 4) is 0 Å². The van der Waals surface area contributed by atoms with E-state index in [1.54, 1.807) is 12.4 Å². The van der Waals surface area contributed by atoms with E-state index in [4.69, 9.17) is 0 Å². The van der Waals surface area contributed by atoms with Crippen molar-refractivity contribution in [2.45, 2.75) is 44.6 Å². The van der Waals surface area contributed by atoms with E-state index in [2.05, 4.69) is 34.3 Å². The van der Waals surface area contributed by atoms with E-state index in [-0.39, 0.29) is 5.54 Å². The molecule has 1 N–H and O–H groups in total. The number of anilines is 1. The first kappa shape index (κ1) is 13.3. The molecule has 1 aromatic heterocycles. The first-order valence-corrected chi connectivity index (χ1v) is 6.82. The highest BCUT2D eigenvalue weighted by Crippen LogP contribution is 2.32. The van der Waals surface area contributed by atoms with E-state index in [1.807, 2.05) is 6.92 Å². The van der Waals surface area contributed by atoms with Crippen molar-refractivity contribution in [2.24, 2.45) is 0 Å². The monoisotopic (exact) mass is 248 g/mol. The van der Waals surface area contributed by atoms with Gasteiger partial charge in [-0.3, -0.25) is 4.98 Å². The highest BCUT2D eigenvalue weighted by molar-refractivity contribution is 5.32. The third-order valence-corrected chi connectivity index (χ3v) is 4.09. The minimum absolute atomic E-state index is 0.281. The van der Waals surface area contributed by atoms with Crippen LogP contribution in [0.2, 0.25) is 0 Å². The van der Waals surface area contributed by atoms with E-state index in [1.165, 1.54) is 32.1 Å². The standard InChI is InChI=1S/C14H24N4/c1-12-9-15-10-13(17-12)16-11-14(18(2)3)7-5-4-6-8-14/h9-10H,4-8,11H2,1-3H3,(H,16,17). The van der Waals surface area contributed by atoms with Gasteiger partial charge in [-0.25, -0.2) is 4.98 Å². The lowest BCUT2D eigenvalue weighted by molar-refractivity contribution is 0.113. The van der Waals surface area contributed by atoms with Crippen LogP contribution in [-0.4, -0.2) is 41.0 Å². The van der Waals surface area contributed by atoms with Gasteiger partial charge >= 0.3 is 0 Å². The van der Waals surface area contributed by atoms with Crippen molar-refractivity contribution >= 4 is 5.82 Å². The number of nitrogens with one attached hydrogen (secondary N) is 1. The SMILES string of the molecule is Cc1cncc(NCC2(N(C)C)CCCCC2)n1. The number of hydrogen-bond acceptors (Lipinski definition) is 4. The van der Waals surface area contributed by atoms with Gasteiger partial charge in [-0.2, -0.15) is 0 Å². The van der Waals surface area contributed by atoms with E-state index >= 15 is 0 Å². The summed E-state index contributed by atoms with van der Waals surface area (Å²) in [6.07, 6.45) is 10.2. The highest BCUT2D eigenvalue weighted by atomic mass is 15.2. The van der Waals surface area contributed by atoms with E-state index in [0.29, 0.717) is 0 Å². The molecule has 1 aromatic rings. The fourth-order valence-electron chi connectivity index (χ4n) is 2.80. The number of aromatic nitrogens is 2. The lowest BCUT2D eigenvalue weighted by atomic mass is 9.80. The summed E-state index contributed by atoms with van der Waals surface area (Å²) in [5.74, 6) is 0.891. The van der Waals surface area contributed by atoms with Gasteiger partial charge in [0.1, 0.15) is 5.82 Å². The topological polar surface area (TPSA) is 41.1 Å². The van der Waals surface area contributed by atoms with Crippen LogP contribution in [0.1, 0.15) is 37.8 Å². The van der Waals surface area contributed by atoms with Gasteiger partial charge in [0, 0.05) is 18.3 Å². The van der Waals surface area contributed by atoms with Crippen LogP contribution >= 0.6 is 0 Å². The second-order valence-corrected chi connectivity index (χ2v) is 5.58. The molecular formula is C14H24N4. The van der Waals surface area contributed by atoms with E-state index in [0.717, 1.165) is 18.1 Å². The van der Waals surface area contributed by atoms with Gasteiger partial charge < -0.3 is 10.2 Å². The average molecular weight is 248 g/mol. The Bertz CT molecular complexity index is 383. The van der Waals surface area contributed by atoms with Crippen molar-refractivity contribution in [1.82, 2.24) is 14.9 Å². The van der Waals surface area contributed by atoms with Gasteiger partial charge in [-0.15, -0.1) is 0 Å². The molecule has 1 saturated carbocycles. The lowest BCUT2D eigenvalue weighted by Gasteiger charge is -2.43. The third-order valence-electron chi connectivity index (χ3n) is 4.09. The summed E-state index contributed by atoms with van der Waals surface area (Å²) in [5.41, 5.74) is 1.24. The number of hydrogen-bond donors (Lipinski definition) is 1. The van der Waals surface area contributed by atoms with Gasteiger partial charge in [0.05, 0.1) is 11.9 Å². The summed E-state index contributed by atoms with van der Waals surface area (Å²) < 4.78 is 0. The van der Waals surface area contributed by atoms with Crippen LogP contribution in [0.15, 0.2) is 12.4 Å². The maximum Gasteiger partial charge on any atom is 0.144 e. The Labute approximate surface area is 110 Å². The molecular weight excluding hydrogens is 224 g/mol. The van der Waals surface area contributed by atoms with Crippen LogP contribution in [0.5, 0.6) is 0 Å². The molecule has 0 unspecified atom stereocenters. The number of likely N-dealkylation sites (N-methyl/N-ethyl adjacent to an activating group) is 1. The maximum absolute atomic E-state index is 4.46. The Balaban J connectivity index is 2.01. The zero-order valence-corrected chi connectivity index (χ0v) is 11.7. The van der Waals surface area contributed by atoms with Gasteiger partial charge in [0.2, 0.25) is 0 Å². The highest BCUT2D eigenvalue weighted by Gasteiger charge is 2.33. The smallest absolute Gasteiger partial charge is 0.144 e. The minimum atomic E-state index is 0.281. The molecule has 0 aromatic carbocycles. The lowest BCUT2D eigenvalue weighted by Crippen LogP contribution is -2.51. The Morgan fingerprint density at radius 3 is 2.56 bits per heavy atom.